The van der Waals surface area contributed by atoms with E-state index in [1.54, 1.807) is 25.6 Å². The third-order valence-corrected chi connectivity index (χ3v) is 4.09. The van der Waals surface area contributed by atoms with E-state index < -0.39 is 6.10 Å². The zero-order chi connectivity index (χ0) is 14.0. The highest BCUT2D eigenvalue weighted by atomic mass is 32.1. The van der Waals surface area contributed by atoms with Crippen molar-refractivity contribution in [2.45, 2.75) is 20.0 Å². The molecule has 0 amide bonds. The van der Waals surface area contributed by atoms with Crippen molar-refractivity contribution in [2.24, 2.45) is 0 Å². The Labute approximate surface area is 117 Å². The van der Waals surface area contributed by atoms with E-state index in [9.17, 15) is 5.11 Å². The molecule has 0 saturated heterocycles. The fourth-order valence-electron chi connectivity index (χ4n) is 2.14. The second-order valence-corrected chi connectivity index (χ2v) is 5.84. The maximum absolute atomic E-state index is 10.6. The lowest BCUT2D eigenvalue weighted by Crippen LogP contribution is -2.03. The maximum atomic E-state index is 10.6. The normalized spacial score (nSPS) is 12.3. The number of rotatable bonds is 4. The molecule has 0 radical (unpaired) electrons. The average Bonchev–Trinajstić information content (AvgIpc) is 2.76. The third kappa shape index (κ3) is 2.74. The average molecular weight is 278 g/mol. The summed E-state index contributed by atoms with van der Waals surface area (Å²) in [6.45, 7) is 4.06. The summed E-state index contributed by atoms with van der Waals surface area (Å²) in [6, 6.07) is 7.46. The molecule has 1 heterocycles. The molecule has 1 atom stereocenters. The van der Waals surface area contributed by atoms with E-state index in [1.165, 1.54) is 4.88 Å². The fourth-order valence-corrected chi connectivity index (χ4v) is 3.10. The van der Waals surface area contributed by atoms with Crippen molar-refractivity contribution in [3.8, 4) is 11.5 Å². The van der Waals surface area contributed by atoms with Gasteiger partial charge < -0.3 is 14.6 Å². The molecule has 0 aliphatic carbocycles. The van der Waals surface area contributed by atoms with Gasteiger partial charge in [0.05, 0.1) is 14.2 Å². The van der Waals surface area contributed by atoms with Gasteiger partial charge in [0.15, 0.2) is 0 Å². The minimum Gasteiger partial charge on any atom is -0.497 e. The number of benzene rings is 1. The Hall–Kier alpha value is -1.52. The minimum absolute atomic E-state index is 0.663. The van der Waals surface area contributed by atoms with Crippen LogP contribution in [-0.2, 0) is 0 Å². The molecule has 102 valence electrons. The summed E-state index contributed by atoms with van der Waals surface area (Å²) < 4.78 is 10.5. The first-order chi connectivity index (χ1) is 9.06. The van der Waals surface area contributed by atoms with Gasteiger partial charge in [0.25, 0.3) is 0 Å². The topological polar surface area (TPSA) is 38.7 Å². The predicted molar refractivity (Wildman–Crippen MR) is 77.4 cm³/mol. The Bertz CT molecular complexity index is 575. The zero-order valence-corrected chi connectivity index (χ0v) is 12.4. The van der Waals surface area contributed by atoms with Crippen LogP contribution in [0.5, 0.6) is 11.5 Å². The van der Waals surface area contributed by atoms with E-state index in [0.717, 1.165) is 16.0 Å². The van der Waals surface area contributed by atoms with E-state index in [4.69, 9.17) is 9.47 Å². The zero-order valence-electron chi connectivity index (χ0n) is 11.6. The highest BCUT2D eigenvalue weighted by Crippen LogP contribution is 2.36. The molecular formula is C15H18O3S. The second-order valence-electron chi connectivity index (χ2n) is 4.38. The van der Waals surface area contributed by atoms with Gasteiger partial charge in [-0.1, -0.05) is 0 Å². The van der Waals surface area contributed by atoms with Crippen LogP contribution in [0.2, 0.25) is 0 Å². The molecule has 4 heteroatoms. The summed E-state index contributed by atoms with van der Waals surface area (Å²) in [7, 11) is 3.21. The molecule has 0 spiro atoms. The Kier molecular flexibility index (Phi) is 4.12. The van der Waals surface area contributed by atoms with E-state index in [1.807, 2.05) is 38.1 Å². The van der Waals surface area contributed by atoms with Gasteiger partial charge in [-0.3, -0.25) is 0 Å². The Morgan fingerprint density at radius 2 is 1.79 bits per heavy atom. The Morgan fingerprint density at radius 3 is 2.32 bits per heavy atom. The molecule has 19 heavy (non-hydrogen) atoms. The smallest absolute Gasteiger partial charge is 0.125 e. The van der Waals surface area contributed by atoms with E-state index >= 15 is 0 Å². The van der Waals surface area contributed by atoms with Gasteiger partial charge in [0, 0.05) is 15.3 Å². The summed E-state index contributed by atoms with van der Waals surface area (Å²) in [5.41, 5.74) is 1.65. The van der Waals surface area contributed by atoms with Crippen molar-refractivity contribution in [2.75, 3.05) is 14.2 Å². The largest absolute Gasteiger partial charge is 0.497 e. The van der Waals surface area contributed by atoms with Crippen molar-refractivity contribution in [3.05, 3.63) is 45.1 Å². The molecule has 0 saturated carbocycles. The van der Waals surface area contributed by atoms with Crippen LogP contribution in [-0.4, -0.2) is 19.3 Å². The van der Waals surface area contributed by atoms with Crippen LogP contribution in [0.1, 0.15) is 27.0 Å². The van der Waals surface area contributed by atoms with Crippen LogP contribution in [0.3, 0.4) is 0 Å². The molecule has 1 aromatic heterocycles. The van der Waals surface area contributed by atoms with Gasteiger partial charge in [-0.25, -0.2) is 0 Å². The van der Waals surface area contributed by atoms with Gasteiger partial charge in [0.1, 0.15) is 17.6 Å². The number of hydrogen-bond donors (Lipinski definition) is 1. The number of aliphatic hydroxyl groups excluding tert-OH is 1. The summed E-state index contributed by atoms with van der Waals surface area (Å²) in [4.78, 5) is 2.31. The minimum atomic E-state index is -0.699. The van der Waals surface area contributed by atoms with Crippen molar-refractivity contribution < 1.29 is 14.6 Å². The molecule has 3 nitrogen and oxygen atoms in total. The molecule has 2 aromatic rings. The standard InChI is InChI=1S/C15H18O3S/c1-9-7-12(10(2)19-9)15(16)13-8-11(17-3)5-6-14(13)18-4/h5-8,15-16H,1-4H3. The second kappa shape index (κ2) is 5.63. The molecular weight excluding hydrogens is 260 g/mol. The van der Waals surface area contributed by atoms with E-state index in [0.29, 0.717) is 11.5 Å². The fraction of sp³-hybridized carbons (Fsp3) is 0.333. The molecule has 0 aliphatic heterocycles. The Balaban J connectivity index is 2.47. The number of thiophene rings is 1. The number of methoxy groups -OCH3 is 2. The monoisotopic (exact) mass is 278 g/mol. The quantitative estimate of drug-likeness (QED) is 0.930. The summed E-state index contributed by atoms with van der Waals surface area (Å²) in [5.74, 6) is 1.37. The molecule has 1 aromatic carbocycles. The lowest BCUT2D eigenvalue weighted by molar-refractivity contribution is 0.214. The van der Waals surface area contributed by atoms with Crippen molar-refractivity contribution >= 4 is 11.3 Å². The molecule has 0 aliphatic rings. The van der Waals surface area contributed by atoms with Crippen molar-refractivity contribution in [3.63, 3.8) is 0 Å². The number of aliphatic hydroxyl groups is 1. The van der Waals surface area contributed by atoms with Crippen LogP contribution in [0.25, 0.3) is 0 Å². The highest BCUT2D eigenvalue weighted by molar-refractivity contribution is 7.12. The first-order valence-corrected chi connectivity index (χ1v) is 6.85. The SMILES string of the molecule is COc1ccc(OC)c(C(O)c2cc(C)sc2C)c1. The van der Waals surface area contributed by atoms with Gasteiger partial charge >= 0.3 is 0 Å². The van der Waals surface area contributed by atoms with Crippen molar-refractivity contribution in [1.82, 2.24) is 0 Å². The van der Waals surface area contributed by atoms with Gasteiger partial charge in [-0.2, -0.15) is 0 Å². The lowest BCUT2D eigenvalue weighted by Gasteiger charge is -2.16. The molecule has 0 fully saturated rings. The van der Waals surface area contributed by atoms with Crippen LogP contribution < -0.4 is 9.47 Å². The van der Waals surface area contributed by atoms with Crippen LogP contribution in [0.4, 0.5) is 0 Å². The predicted octanol–water partition coefficient (Wildman–Crippen LogP) is 3.46. The summed E-state index contributed by atoms with van der Waals surface area (Å²) in [5, 5.41) is 10.6. The van der Waals surface area contributed by atoms with Crippen LogP contribution >= 0.6 is 11.3 Å². The first-order valence-electron chi connectivity index (χ1n) is 6.03. The maximum Gasteiger partial charge on any atom is 0.125 e. The van der Waals surface area contributed by atoms with Crippen LogP contribution in [0, 0.1) is 13.8 Å². The van der Waals surface area contributed by atoms with Gasteiger partial charge in [0.2, 0.25) is 0 Å². The number of ether oxygens (including phenoxy) is 2. The van der Waals surface area contributed by atoms with Gasteiger partial charge in [-0.05, 0) is 43.7 Å². The van der Waals surface area contributed by atoms with Crippen molar-refractivity contribution in [1.29, 1.82) is 0 Å². The van der Waals surface area contributed by atoms with E-state index in [-0.39, 0.29) is 0 Å². The number of hydrogen-bond acceptors (Lipinski definition) is 4. The summed E-state index contributed by atoms with van der Waals surface area (Å²) >= 11 is 1.68. The third-order valence-electron chi connectivity index (χ3n) is 3.11. The molecule has 1 unspecified atom stereocenters. The molecule has 1 N–H and O–H groups in total. The van der Waals surface area contributed by atoms with Gasteiger partial charge in [-0.15, -0.1) is 11.3 Å². The van der Waals surface area contributed by atoms with Crippen LogP contribution in [0.15, 0.2) is 24.3 Å². The molecule has 2 rings (SSSR count). The Morgan fingerprint density at radius 1 is 1.05 bits per heavy atom. The highest BCUT2D eigenvalue weighted by Gasteiger charge is 2.19. The lowest BCUT2D eigenvalue weighted by atomic mass is 10.0. The van der Waals surface area contributed by atoms with E-state index in [2.05, 4.69) is 0 Å². The summed E-state index contributed by atoms with van der Waals surface area (Å²) in [6.07, 6.45) is -0.699. The molecule has 0 bridgehead atoms. The number of aryl methyl sites for hydroxylation is 2. The first kappa shape index (κ1) is 13.9.